The lowest BCUT2D eigenvalue weighted by molar-refractivity contribution is -0.209. The summed E-state index contributed by atoms with van der Waals surface area (Å²) in [7, 11) is 3.12. The van der Waals surface area contributed by atoms with Crippen molar-refractivity contribution in [3.8, 4) is 6.19 Å². The molecule has 1 aromatic heterocycles. The summed E-state index contributed by atoms with van der Waals surface area (Å²) in [5.74, 6) is -0.393. The number of aliphatic imine (C=N–C) groups is 1. The van der Waals surface area contributed by atoms with E-state index in [0.717, 1.165) is 0 Å². The van der Waals surface area contributed by atoms with Crippen molar-refractivity contribution in [2.75, 3.05) is 27.3 Å². The maximum absolute atomic E-state index is 8.79. The molecule has 1 aromatic rings. The lowest BCUT2D eigenvalue weighted by Crippen LogP contribution is -2.56. The largest absolute Gasteiger partial charge is 0.350 e. The van der Waals surface area contributed by atoms with E-state index in [-0.39, 0.29) is 0 Å². The van der Waals surface area contributed by atoms with E-state index in [2.05, 4.69) is 15.3 Å². The number of nitrogens with zero attached hydrogens (tertiary/aromatic N) is 5. The first-order valence-electron chi connectivity index (χ1n) is 5.85. The molecule has 0 aromatic carbocycles. The first-order chi connectivity index (χ1) is 9.64. The number of methoxy groups -OCH3 is 2. The molecule has 0 fully saturated rings. The standard InChI is InChI=1S/C11H15ClN6O2/c1-19-11(20-2)5-15-10(16-7-13)18(6-11)8-17-4-3-14-9(17)12/h3-4H,5-6,8H2,1-2H3,(H,15,16). The highest BCUT2D eigenvalue weighted by Gasteiger charge is 2.37. The number of nitriles is 1. The van der Waals surface area contributed by atoms with Crippen molar-refractivity contribution >= 4 is 17.6 Å². The summed E-state index contributed by atoms with van der Waals surface area (Å²) in [4.78, 5) is 10.0. The van der Waals surface area contributed by atoms with E-state index in [9.17, 15) is 0 Å². The monoisotopic (exact) mass is 298 g/mol. The summed E-state index contributed by atoms with van der Waals surface area (Å²) in [5, 5.41) is 11.7. The van der Waals surface area contributed by atoms with Crippen LogP contribution < -0.4 is 5.32 Å². The number of rotatable bonds is 4. The highest BCUT2D eigenvalue weighted by molar-refractivity contribution is 6.28. The van der Waals surface area contributed by atoms with Crippen LogP contribution in [-0.4, -0.2) is 53.5 Å². The smallest absolute Gasteiger partial charge is 0.209 e. The molecule has 108 valence electrons. The maximum atomic E-state index is 8.79. The molecule has 8 nitrogen and oxygen atoms in total. The average molecular weight is 299 g/mol. The van der Waals surface area contributed by atoms with Gasteiger partial charge in [0.05, 0.1) is 19.8 Å². The fraction of sp³-hybridized carbons (Fsp3) is 0.545. The third-order valence-corrected chi connectivity index (χ3v) is 3.42. The van der Waals surface area contributed by atoms with Crippen LogP contribution in [0.2, 0.25) is 5.28 Å². The van der Waals surface area contributed by atoms with Crippen LogP contribution in [-0.2, 0) is 16.1 Å². The number of nitrogens with one attached hydrogen (secondary N) is 1. The van der Waals surface area contributed by atoms with Gasteiger partial charge in [0.25, 0.3) is 0 Å². The molecule has 1 aliphatic rings. The Labute approximate surface area is 121 Å². The second kappa shape index (κ2) is 6.09. The van der Waals surface area contributed by atoms with Crippen LogP contribution in [0.25, 0.3) is 0 Å². The molecule has 0 aliphatic carbocycles. The lowest BCUT2D eigenvalue weighted by Gasteiger charge is -2.39. The Hall–Kier alpha value is -1.82. The van der Waals surface area contributed by atoms with Gasteiger partial charge in [0.15, 0.2) is 6.19 Å². The number of ether oxygens (including phenoxy) is 2. The molecular formula is C11H15ClN6O2. The molecule has 0 unspecified atom stereocenters. The fourth-order valence-electron chi connectivity index (χ4n) is 1.94. The van der Waals surface area contributed by atoms with Gasteiger partial charge in [-0.05, 0) is 11.6 Å². The highest BCUT2D eigenvalue weighted by Crippen LogP contribution is 2.20. The predicted octanol–water partition coefficient (Wildman–Crippen LogP) is 0.225. The number of halogens is 1. The van der Waals surface area contributed by atoms with Crippen LogP contribution in [0, 0.1) is 11.5 Å². The quantitative estimate of drug-likeness (QED) is 0.486. The molecule has 20 heavy (non-hydrogen) atoms. The minimum absolute atomic E-state index is 0.304. The maximum Gasteiger partial charge on any atom is 0.209 e. The first kappa shape index (κ1) is 14.6. The van der Waals surface area contributed by atoms with Gasteiger partial charge >= 0.3 is 0 Å². The number of aromatic nitrogens is 2. The van der Waals surface area contributed by atoms with Crippen molar-refractivity contribution in [2.45, 2.75) is 12.5 Å². The normalized spacial score (nSPS) is 17.5. The fourth-order valence-corrected chi connectivity index (χ4v) is 2.10. The Morgan fingerprint density at radius 1 is 1.55 bits per heavy atom. The van der Waals surface area contributed by atoms with E-state index < -0.39 is 5.79 Å². The Morgan fingerprint density at radius 2 is 2.30 bits per heavy atom. The summed E-state index contributed by atoms with van der Waals surface area (Å²) >= 11 is 5.96. The Balaban J connectivity index is 2.22. The van der Waals surface area contributed by atoms with Crippen molar-refractivity contribution in [1.82, 2.24) is 19.8 Å². The van der Waals surface area contributed by atoms with Gasteiger partial charge in [0, 0.05) is 26.6 Å². The van der Waals surface area contributed by atoms with Crippen LogP contribution in [0.4, 0.5) is 0 Å². The topological polar surface area (TPSA) is 87.7 Å². The minimum atomic E-state index is -0.840. The van der Waals surface area contributed by atoms with E-state index in [1.165, 1.54) is 0 Å². The SMILES string of the molecule is COC1(OC)CN=C(NC#N)N(Cn2ccnc2Cl)C1. The molecule has 1 aliphatic heterocycles. The Morgan fingerprint density at radius 3 is 2.85 bits per heavy atom. The van der Waals surface area contributed by atoms with Crippen molar-refractivity contribution in [1.29, 1.82) is 5.26 Å². The number of hydrogen-bond donors (Lipinski definition) is 1. The predicted molar refractivity (Wildman–Crippen MR) is 71.7 cm³/mol. The Bertz CT molecular complexity index is 533. The van der Waals surface area contributed by atoms with Gasteiger partial charge in [-0.1, -0.05) is 0 Å². The second-order valence-electron chi connectivity index (χ2n) is 4.20. The third-order valence-electron chi connectivity index (χ3n) is 3.10. The lowest BCUT2D eigenvalue weighted by atomic mass is 10.2. The minimum Gasteiger partial charge on any atom is -0.350 e. The van der Waals surface area contributed by atoms with Gasteiger partial charge in [-0.25, -0.2) is 9.98 Å². The van der Waals surface area contributed by atoms with E-state index in [1.807, 2.05) is 6.19 Å². The summed E-state index contributed by atoms with van der Waals surface area (Å²) in [5.41, 5.74) is 0. The molecular weight excluding hydrogens is 284 g/mol. The second-order valence-corrected chi connectivity index (χ2v) is 4.54. The van der Waals surface area contributed by atoms with Crippen molar-refractivity contribution < 1.29 is 9.47 Å². The van der Waals surface area contributed by atoms with Gasteiger partial charge in [0.1, 0.15) is 0 Å². The summed E-state index contributed by atoms with van der Waals surface area (Å²) < 4.78 is 12.5. The van der Waals surface area contributed by atoms with Gasteiger partial charge < -0.3 is 18.9 Å². The van der Waals surface area contributed by atoms with Gasteiger partial charge in [-0.15, -0.1) is 0 Å². The summed E-state index contributed by atoms with van der Waals surface area (Å²) in [6.45, 7) is 1.08. The van der Waals surface area contributed by atoms with E-state index in [0.29, 0.717) is 31.0 Å². The zero-order valence-electron chi connectivity index (χ0n) is 11.2. The first-order valence-corrected chi connectivity index (χ1v) is 6.23. The van der Waals surface area contributed by atoms with Crippen molar-refractivity contribution in [2.24, 2.45) is 4.99 Å². The molecule has 2 rings (SSSR count). The van der Waals surface area contributed by atoms with E-state index in [1.54, 1.807) is 36.1 Å². The highest BCUT2D eigenvalue weighted by atomic mass is 35.5. The molecule has 0 radical (unpaired) electrons. The third kappa shape index (κ3) is 2.85. The number of imidazole rings is 1. The molecule has 0 bridgehead atoms. The van der Waals surface area contributed by atoms with Crippen LogP contribution in [0.5, 0.6) is 0 Å². The molecule has 1 N–H and O–H groups in total. The van der Waals surface area contributed by atoms with Gasteiger partial charge in [-0.3, -0.25) is 5.32 Å². The van der Waals surface area contributed by atoms with Crippen LogP contribution in [0.3, 0.4) is 0 Å². The van der Waals surface area contributed by atoms with E-state index >= 15 is 0 Å². The molecule has 0 amide bonds. The van der Waals surface area contributed by atoms with Gasteiger partial charge in [-0.2, -0.15) is 5.26 Å². The molecule has 0 saturated carbocycles. The number of hydrogen-bond acceptors (Lipinski definition) is 7. The zero-order chi connectivity index (χ0) is 14.6. The van der Waals surface area contributed by atoms with E-state index in [4.69, 9.17) is 26.3 Å². The van der Waals surface area contributed by atoms with Crippen LogP contribution >= 0.6 is 11.6 Å². The average Bonchev–Trinajstić information content (AvgIpc) is 2.86. The molecule has 0 atom stereocenters. The molecule has 9 heteroatoms. The number of guanidine groups is 1. The molecule has 0 saturated heterocycles. The summed E-state index contributed by atoms with van der Waals surface area (Å²) in [6.07, 6.45) is 5.20. The van der Waals surface area contributed by atoms with Gasteiger partial charge in [0.2, 0.25) is 17.0 Å². The summed E-state index contributed by atoms with van der Waals surface area (Å²) in [6, 6.07) is 0. The zero-order valence-corrected chi connectivity index (χ0v) is 12.0. The Kier molecular flexibility index (Phi) is 4.44. The van der Waals surface area contributed by atoms with Crippen molar-refractivity contribution in [3.05, 3.63) is 17.7 Å². The van der Waals surface area contributed by atoms with Crippen LogP contribution in [0.15, 0.2) is 17.4 Å². The van der Waals surface area contributed by atoms with Crippen LogP contribution in [0.1, 0.15) is 0 Å². The molecule has 2 heterocycles. The molecule has 0 spiro atoms. The van der Waals surface area contributed by atoms with Crippen molar-refractivity contribution in [3.63, 3.8) is 0 Å².